The van der Waals surface area contributed by atoms with Crippen LogP contribution in [0.5, 0.6) is 0 Å². The van der Waals surface area contributed by atoms with Gasteiger partial charge in [-0.05, 0) is 19.6 Å². The van der Waals surface area contributed by atoms with Crippen molar-refractivity contribution in [2.45, 2.75) is 4.90 Å². The van der Waals surface area contributed by atoms with Crippen molar-refractivity contribution >= 4 is 15.7 Å². The standard InChI is InChI=1S/C10H11F4N5O2S/c1-19(2)4-3-16-22(20,21)10-7(13)5(11)9(17-18-15)6(12)8(10)14/h16H,3-4H2,1-2H3. The third kappa shape index (κ3) is 3.65. The fourth-order valence-corrected chi connectivity index (χ4v) is 2.60. The van der Waals surface area contributed by atoms with Crippen LogP contribution in [0.3, 0.4) is 0 Å². The Bertz CT molecular complexity index is 702. The molecule has 22 heavy (non-hydrogen) atoms. The van der Waals surface area contributed by atoms with Crippen molar-refractivity contribution in [2.75, 3.05) is 27.2 Å². The maximum Gasteiger partial charge on any atom is 0.246 e. The molecule has 0 radical (unpaired) electrons. The van der Waals surface area contributed by atoms with E-state index in [1.54, 1.807) is 19.0 Å². The zero-order chi connectivity index (χ0) is 17.1. The smallest absolute Gasteiger partial charge is 0.246 e. The highest BCUT2D eigenvalue weighted by atomic mass is 32.2. The molecule has 0 aliphatic rings. The molecule has 1 rings (SSSR count). The van der Waals surface area contributed by atoms with Gasteiger partial charge in [-0.1, -0.05) is 5.11 Å². The maximum atomic E-state index is 13.7. The number of sulfonamides is 1. The molecule has 1 aromatic carbocycles. The summed E-state index contributed by atoms with van der Waals surface area (Å²) < 4.78 is 79.8. The van der Waals surface area contributed by atoms with Gasteiger partial charge in [0.25, 0.3) is 0 Å². The number of hydrogen-bond donors (Lipinski definition) is 1. The minimum Gasteiger partial charge on any atom is -0.308 e. The highest BCUT2D eigenvalue weighted by Gasteiger charge is 2.32. The van der Waals surface area contributed by atoms with E-state index in [1.165, 1.54) is 0 Å². The predicted octanol–water partition coefficient (Wildman–Crippen LogP) is 2.02. The van der Waals surface area contributed by atoms with E-state index < -0.39 is 43.9 Å². The van der Waals surface area contributed by atoms with Gasteiger partial charge >= 0.3 is 0 Å². The first-order chi connectivity index (χ1) is 10.1. The second-order valence-corrected chi connectivity index (χ2v) is 6.03. The summed E-state index contributed by atoms with van der Waals surface area (Å²) in [5.41, 5.74) is 6.51. The molecule has 0 aromatic heterocycles. The number of azide groups is 1. The molecule has 0 fully saturated rings. The molecule has 0 aliphatic heterocycles. The fraction of sp³-hybridized carbons (Fsp3) is 0.400. The van der Waals surface area contributed by atoms with Crippen molar-refractivity contribution < 1.29 is 26.0 Å². The normalized spacial score (nSPS) is 11.6. The summed E-state index contributed by atoms with van der Waals surface area (Å²) in [6.07, 6.45) is 0. The van der Waals surface area contributed by atoms with Crippen LogP contribution >= 0.6 is 0 Å². The van der Waals surface area contributed by atoms with Gasteiger partial charge in [-0.3, -0.25) is 0 Å². The van der Waals surface area contributed by atoms with Crippen LogP contribution in [0, 0.1) is 23.3 Å². The van der Waals surface area contributed by atoms with Crippen LogP contribution < -0.4 is 4.72 Å². The summed E-state index contributed by atoms with van der Waals surface area (Å²) in [7, 11) is -1.61. The van der Waals surface area contributed by atoms with Crippen molar-refractivity contribution in [2.24, 2.45) is 5.11 Å². The molecule has 0 atom stereocenters. The summed E-state index contributed by atoms with van der Waals surface area (Å²) in [6.45, 7) is -0.0558. The lowest BCUT2D eigenvalue weighted by atomic mass is 10.2. The minimum absolute atomic E-state index is 0.185. The van der Waals surface area contributed by atoms with E-state index in [2.05, 4.69) is 5.11 Å². The molecule has 0 heterocycles. The summed E-state index contributed by atoms with van der Waals surface area (Å²) in [5.74, 6) is -8.52. The lowest BCUT2D eigenvalue weighted by Gasteiger charge is -2.13. The molecule has 0 aliphatic carbocycles. The molecular formula is C10H11F4N5O2S. The summed E-state index contributed by atoms with van der Waals surface area (Å²) in [4.78, 5) is 1.78. The molecular weight excluding hydrogens is 330 g/mol. The SMILES string of the molecule is CN(C)CCNS(=O)(=O)c1c(F)c(F)c(N=[N+]=[N-])c(F)c1F. The molecule has 0 bridgehead atoms. The number of benzene rings is 1. The molecule has 0 saturated carbocycles. The van der Waals surface area contributed by atoms with E-state index in [0.717, 1.165) is 0 Å². The quantitative estimate of drug-likeness (QED) is 0.282. The van der Waals surface area contributed by atoms with Gasteiger partial charge in [0.05, 0.1) is 0 Å². The summed E-state index contributed by atoms with van der Waals surface area (Å²) in [5, 5.41) is 2.46. The monoisotopic (exact) mass is 341 g/mol. The second kappa shape index (κ2) is 6.92. The lowest BCUT2D eigenvalue weighted by molar-refractivity contribution is 0.407. The minimum atomic E-state index is -4.84. The molecule has 122 valence electrons. The topological polar surface area (TPSA) is 98.2 Å². The predicted molar refractivity (Wildman–Crippen MR) is 68.8 cm³/mol. The van der Waals surface area contributed by atoms with Gasteiger partial charge in [-0.25, -0.2) is 30.7 Å². The van der Waals surface area contributed by atoms with E-state index in [1.807, 2.05) is 9.63 Å². The van der Waals surface area contributed by atoms with Crippen LogP contribution in [0.4, 0.5) is 23.2 Å². The molecule has 7 nitrogen and oxygen atoms in total. The average Bonchev–Trinajstić information content (AvgIpc) is 2.40. The van der Waals surface area contributed by atoms with E-state index in [-0.39, 0.29) is 13.1 Å². The van der Waals surface area contributed by atoms with E-state index in [0.29, 0.717) is 0 Å². The van der Waals surface area contributed by atoms with Crippen LogP contribution in [0.15, 0.2) is 10.0 Å². The first kappa shape index (κ1) is 18.2. The third-order valence-corrected chi connectivity index (χ3v) is 3.94. The average molecular weight is 341 g/mol. The first-order valence-electron chi connectivity index (χ1n) is 5.69. The Morgan fingerprint density at radius 2 is 1.64 bits per heavy atom. The number of rotatable bonds is 6. The largest absolute Gasteiger partial charge is 0.308 e. The molecule has 12 heteroatoms. The molecule has 0 unspecified atom stereocenters. The Morgan fingerprint density at radius 3 is 2.05 bits per heavy atom. The van der Waals surface area contributed by atoms with E-state index >= 15 is 0 Å². The third-order valence-electron chi connectivity index (χ3n) is 2.46. The van der Waals surface area contributed by atoms with Crippen molar-refractivity contribution in [3.8, 4) is 0 Å². The highest BCUT2D eigenvalue weighted by Crippen LogP contribution is 2.32. The second-order valence-electron chi connectivity index (χ2n) is 4.32. The number of likely N-dealkylation sites (N-methyl/N-ethyl adjacent to an activating group) is 1. The Morgan fingerprint density at radius 1 is 1.14 bits per heavy atom. The number of nitrogens with zero attached hydrogens (tertiary/aromatic N) is 4. The van der Waals surface area contributed by atoms with Crippen LogP contribution in [0.2, 0.25) is 0 Å². The van der Waals surface area contributed by atoms with Gasteiger partial charge in [0, 0.05) is 18.0 Å². The van der Waals surface area contributed by atoms with Gasteiger partial charge in [0.15, 0.2) is 28.2 Å². The highest BCUT2D eigenvalue weighted by molar-refractivity contribution is 7.89. The molecule has 1 N–H and O–H groups in total. The Labute approximate surface area is 123 Å². The van der Waals surface area contributed by atoms with E-state index in [9.17, 15) is 26.0 Å². The number of nitrogens with one attached hydrogen (secondary N) is 1. The zero-order valence-corrected chi connectivity index (χ0v) is 12.3. The molecule has 0 spiro atoms. The van der Waals surface area contributed by atoms with Gasteiger partial charge in [0.1, 0.15) is 5.69 Å². The van der Waals surface area contributed by atoms with Crippen molar-refractivity contribution in [3.63, 3.8) is 0 Å². The lowest BCUT2D eigenvalue weighted by Crippen LogP contribution is -2.32. The molecule has 1 aromatic rings. The summed E-state index contributed by atoms with van der Waals surface area (Å²) >= 11 is 0. The van der Waals surface area contributed by atoms with Crippen molar-refractivity contribution in [1.82, 2.24) is 9.62 Å². The fourth-order valence-electron chi connectivity index (χ4n) is 1.44. The Kier molecular flexibility index (Phi) is 5.72. The van der Waals surface area contributed by atoms with Crippen LogP contribution in [0.1, 0.15) is 0 Å². The number of halogens is 4. The Hall–Kier alpha value is -1.88. The van der Waals surface area contributed by atoms with Crippen LogP contribution in [-0.4, -0.2) is 40.5 Å². The molecule has 0 amide bonds. The maximum absolute atomic E-state index is 13.7. The van der Waals surface area contributed by atoms with Gasteiger partial charge in [-0.15, -0.1) is 0 Å². The van der Waals surface area contributed by atoms with Crippen LogP contribution in [-0.2, 0) is 10.0 Å². The first-order valence-corrected chi connectivity index (χ1v) is 7.17. The zero-order valence-electron chi connectivity index (χ0n) is 11.4. The van der Waals surface area contributed by atoms with Gasteiger partial charge < -0.3 is 4.90 Å². The molecule has 0 saturated heterocycles. The van der Waals surface area contributed by atoms with Gasteiger partial charge in [-0.2, -0.15) is 0 Å². The van der Waals surface area contributed by atoms with Crippen molar-refractivity contribution in [1.29, 1.82) is 0 Å². The van der Waals surface area contributed by atoms with Gasteiger partial charge in [0.2, 0.25) is 10.0 Å². The van der Waals surface area contributed by atoms with Crippen LogP contribution in [0.25, 0.3) is 10.4 Å². The summed E-state index contributed by atoms with van der Waals surface area (Å²) in [6, 6.07) is 0. The Balaban J connectivity index is 3.40. The van der Waals surface area contributed by atoms with E-state index in [4.69, 9.17) is 5.53 Å². The number of hydrogen-bond acceptors (Lipinski definition) is 4. The van der Waals surface area contributed by atoms with Crippen molar-refractivity contribution in [3.05, 3.63) is 33.7 Å².